The van der Waals surface area contributed by atoms with Crippen LogP contribution >= 0.6 is 0 Å². The molecular formula is C27H29FN6O. The average Bonchev–Trinajstić information content (AvgIpc) is 3.51. The maximum atomic E-state index is 13.5. The Kier molecular flexibility index (Phi) is 5.76. The Morgan fingerprint density at radius 3 is 2.49 bits per heavy atom. The summed E-state index contributed by atoms with van der Waals surface area (Å²) >= 11 is 0. The van der Waals surface area contributed by atoms with Gasteiger partial charge < -0.3 is 16.4 Å². The summed E-state index contributed by atoms with van der Waals surface area (Å²) in [5.74, 6) is -0.333. The molecule has 2 aromatic carbocycles. The van der Waals surface area contributed by atoms with Crippen LogP contribution in [0.25, 0.3) is 28.2 Å². The molecule has 2 aromatic heterocycles. The molecule has 35 heavy (non-hydrogen) atoms. The minimum atomic E-state index is -0.431. The molecule has 4 aromatic rings. The summed E-state index contributed by atoms with van der Waals surface area (Å²) in [4.78, 5) is 17.4. The van der Waals surface area contributed by atoms with Crippen molar-refractivity contribution in [2.75, 3.05) is 11.9 Å². The van der Waals surface area contributed by atoms with Gasteiger partial charge in [0.2, 0.25) is 0 Å². The Labute approximate surface area is 203 Å². The number of amides is 1. The van der Waals surface area contributed by atoms with E-state index in [1.54, 1.807) is 16.6 Å². The number of hydrogen-bond acceptors (Lipinski definition) is 5. The quantitative estimate of drug-likeness (QED) is 0.367. The van der Waals surface area contributed by atoms with Crippen molar-refractivity contribution in [1.82, 2.24) is 19.9 Å². The molecule has 2 heterocycles. The normalized spacial score (nSPS) is 13.7. The first kappa shape index (κ1) is 23.0. The number of aryl methyl sites for hydroxylation is 1. The first-order chi connectivity index (χ1) is 16.7. The number of nitrogens with two attached hydrogens (primary N) is 1. The summed E-state index contributed by atoms with van der Waals surface area (Å²) < 4.78 is 15.2. The van der Waals surface area contributed by atoms with Crippen molar-refractivity contribution in [2.45, 2.75) is 45.2 Å². The summed E-state index contributed by atoms with van der Waals surface area (Å²) in [6.45, 7) is 6.35. The van der Waals surface area contributed by atoms with Crippen LogP contribution in [0.4, 0.5) is 10.1 Å². The fourth-order valence-corrected chi connectivity index (χ4v) is 3.90. The van der Waals surface area contributed by atoms with Crippen LogP contribution in [0.1, 0.15) is 42.6 Å². The predicted octanol–water partition coefficient (Wildman–Crippen LogP) is 4.55. The smallest absolute Gasteiger partial charge is 0.251 e. The number of hydrogen-bond donors (Lipinski definition) is 3. The Hall–Kier alpha value is -3.78. The monoisotopic (exact) mass is 472 g/mol. The van der Waals surface area contributed by atoms with Gasteiger partial charge in [0.25, 0.3) is 5.91 Å². The van der Waals surface area contributed by atoms with Gasteiger partial charge in [-0.15, -0.1) is 0 Å². The van der Waals surface area contributed by atoms with E-state index in [4.69, 9.17) is 15.8 Å². The molecular weight excluding hydrogens is 443 g/mol. The summed E-state index contributed by atoms with van der Waals surface area (Å²) in [6.07, 6.45) is 3.96. The minimum Gasteiger partial charge on any atom is -0.380 e. The van der Waals surface area contributed by atoms with Gasteiger partial charge >= 0.3 is 0 Å². The van der Waals surface area contributed by atoms with Crippen molar-refractivity contribution in [3.05, 3.63) is 71.7 Å². The number of benzene rings is 2. The minimum absolute atomic E-state index is 0.0342. The van der Waals surface area contributed by atoms with E-state index < -0.39 is 5.54 Å². The molecule has 0 aliphatic heterocycles. The molecule has 0 radical (unpaired) electrons. The molecule has 4 N–H and O–H groups in total. The second-order valence-electron chi connectivity index (χ2n) is 9.96. The zero-order chi connectivity index (χ0) is 24.7. The number of imidazole rings is 1. The van der Waals surface area contributed by atoms with Crippen LogP contribution in [-0.2, 0) is 0 Å². The maximum Gasteiger partial charge on any atom is 0.251 e. The van der Waals surface area contributed by atoms with E-state index in [-0.39, 0.29) is 11.7 Å². The molecule has 1 amide bonds. The van der Waals surface area contributed by atoms with Crippen molar-refractivity contribution in [3.63, 3.8) is 0 Å². The van der Waals surface area contributed by atoms with Crippen molar-refractivity contribution in [3.8, 4) is 22.5 Å². The number of nitrogens with zero attached hydrogens (tertiary/aromatic N) is 3. The lowest BCUT2D eigenvalue weighted by atomic mass is 10.0. The van der Waals surface area contributed by atoms with E-state index in [0.29, 0.717) is 29.5 Å². The highest BCUT2D eigenvalue weighted by atomic mass is 19.1. The Balaban J connectivity index is 1.53. The number of carbonyl (C=O) groups excluding carboxylic acids is 1. The molecule has 7 nitrogen and oxygen atoms in total. The van der Waals surface area contributed by atoms with Crippen molar-refractivity contribution >= 4 is 17.2 Å². The van der Waals surface area contributed by atoms with Gasteiger partial charge in [0.05, 0.1) is 23.3 Å². The summed E-state index contributed by atoms with van der Waals surface area (Å²) in [7, 11) is 0. The zero-order valence-corrected chi connectivity index (χ0v) is 20.1. The summed E-state index contributed by atoms with van der Waals surface area (Å²) in [5.41, 5.74) is 11.9. The molecule has 0 atom stereocenters. The molecule has 1 saturated carbocycles. The number of carbonyl (C=O) groups is 1. The van der Waals surface area contributed by atoms with Crippen LogP contribution in [0.5, 0.6) is 0 Å². The Morgan fingerprint density at radius 2 is 1.83 bits per heavy atom. The van der Waals surface area contributed by atoms with Crippen LogP contribution in [0.3, 0.4) is 0 Å². The van der Waals surface area contributed by atoms with E-state index in [9.17, 15) is 9.18 Å². The van der Waals surface area contributed by atoms with Gasteiger partial charge in [-0.25, -0.2) is 13.9 Å². The third-order valence-corrected chi connectivity index (χ3v) is 5.98. The largest absolute Gasteiger partial charge is 0.380 e. The standard InChI is InChI=1S/C27H29FN6O/c1-16-12-18(6-11-21(16)26(35)31-20-9-10-20)24-14-34-25(32-24)23(30-15-27(2,3)29)13-22(33-34)17-4-7-19(28)8-5-17/h4-8,11-14,20,30H,9-10,15,29H2,1-3H3,(H,31,35). The highest BCUT2D eigenvalue weighted by Crippen LogP contribution is 2.29. The second-order valence-corrected chi connectivity index (χ2v) is 9.96. The highest BCUT2D eigenvalue weighted by Gasteiger charge is 2.24. The first-order valence-corrected chi connectivity index (χ1v) is 11.8. The fraction of sp³-hybridized carbons (Fsp3) is 0.296. The van der Waals surface area contributed by atoms with Crippen molar-refractivity contribution < 1.29 is 9.18 Å². The number of fused-ring (bicyclic) bond motifs is 1. The summed E-state index contributed by atoms with van der Waals surface area (Å²) in [6, 6.07) is 14.2. The SMILES string of the molecule is Cc1cc(-c2cn3nc(-c4ccc(F)cc4)cc(NCC(C)(C)N)c3n2)ccc1C(=O)NC1CC1. The Morgan fingerprint density at radius 1 is 1.11 bits per heavy atom. The lowest BCUT2D eigenvalue weighted by Crippen LogP contribution is -2.39. The van der Waals surface area contributed by atoms with Gasteiger partial charge in [-0.1, -0.05) is 6.07 Å². The highest BCUT2D eigenvalue weighted by molar-refractivity contribution is 5.96. The molecule has 0 saturated heterocycles. The lowest BCUT2D eigenvalue weighted by molar-refractivity contribution is 0.0950. The number of aromatic nitrogens is 3. The van der Waals surface area contributed by atoms with Crippen LogP contribution in [0.15, 0.2) is 54.7 Å². The van der Waals surface area contributed by atoms with Crippen molar-refractivity contribution in [1.29, 1.82) is 0 Å². The molecule has 1 aliphatic rings. The summed E-state index contributed by atoms with van der Waals surface area (Å²) in [5, 5.41) is 11.2. The van der Waals surface area contributed by atoms with Crippen LogP contribution in [-0.4, -0.2) is 38.6 Å². The van der Waals surface area contributed by atoms with Gasteiger partial charge in [-0.05, 0) is 81.6 Å². The van der Waals surface area contributed by atoms with Gasteiger partial charge in [-0.3, -0.25) is 4.79 Å². The van der Waals surface area contributed by atoms with Gasteiger partial charge in [0.15, 0.2) is 5.65 Å². The number of nitrogens with one attached hydrogen (secondary N) is 2. The van der Waals surface area contributed by atoms with E-state index >= 15 is 0 Å². The number of halogens is 1. The third-order valence-electron chi connectivity index (χ3n) is 5.98. The maximum absolute atomic E-state index is 13.5. The first-order valence-electron chi connectivity index (χ1n) is 11.8. The van der Waals surface area contributed by atoms with E-state index in [0.717, 1.165) is 40.9 Å². The molecule has 0 unspecified atom stereocenters. The fourth-order valence-electron chi connectivity index (χ4n) is 3.90. The topological polar surface area (TPSA) is 97.3 Å². The number of rotatable bonds is 7. The molecule has 1 aliphatic carbocycles. The van der Waals surface area contributed by atoms with Crippen LogP contribution in [0.2, 0.25) is 0 Å². The predicted molar refractivity (Wildman–Crippen MR) is 136 cm³/mol. The molecule has 180 valence electrons. The van der Waals surface area contributed by atoms with Crippen LogP contribution in [0, 0.1) is 12.7 Å². The van der Waals surface area contributed by atoms with Gasteiger partial charge in [-0.2, -0.15) is 5.10 Å². The Bertz CT molecular complexity index is 1400. The molecule has 0 bridgehead atoms. The average molecular weight is 473 g/mol. The zero-order valence-electron chi connectivity index (χ0n) is 20.1. The molecule has 1 fully saturated rings. The number of anilines is 1. The molecule has 0 spiro atoms. The van der Waals surface area contributed by atoms with E-state index in [1.165, 1.54) is 12.1 Å². The molecule has 5 rings (SSSR count). The van der Waals surface area contributed by atoms with Gasteiger partial charge in [0.1, 0.15) is 5.82 Å². The molecule has 8 heteroatoms. The van der Waals surface area contributed by atoms with Gasteiger partial charge in [0, 0.05) is 34.8 Å². The van der Waals surface area contributed by atoms with Crippen molar-refractivity contribution in [2.24, 2.45) is 5.73 Å². The third kappa shape index (κ3) is 5.17. The lowest BCUT2D eigenvalue weighted by Gasteiger charge is -2.20. The van der Waals surface area contributed by atoms with Crippen LogP contribution < -0.4 is 16.4 Å². The van der Waals surface area contributed by atoms with E-state index in [2.05, 4.69) is 10.6 Å². The second kappa shape index (κ2) is 8.78. The van der Waals surface area contributed by atoms with E-state index in [1.807, 2.05) is 51.2 Å².